The number of benzene rings is 1. The number of aromatic nitrogens is 3. The summed E-state index contributed by atoms with van der Waals surface area (Å²) < 4.78 is 48.9. The molecule has 1 saturated heterocycles. The summed E-state index contributed by atoms with van der Waals surface area (Å²) in [5.41, 5.74) is 4.33. The lowest BCUT2D eigenvalue weighted by Crippen LogP contribution is -2.30. The normalized spacial score (nSPS) is 15.5. The van der Waals surface area contributed by atoms with Crippen molar-refractivity contribution in [2.24, 2.45) is 5.73 Å². The van der Waals surface area contributed by atoms with Crippen LogP contribution in [-0.2, 0) is 11.0 Å². The summed E-state index contributed by atoms with van der Waals surface area (Å²) in [6.07, 6.45) is -3.27. The van der Waals surface area contributed by atoms with Gasteiger partial charge in [-0.1, -0.05) is 0 Å². The summed E-state index contributed by atoms with van der Waals surface area (Å²) in [6, 6.07) is 8.57. The molecule has 2 aromatic heterocycles. The van der Waals surface area contributed by atoms with Gasteiger partial charge in [-0.15, -0.1) is 0 Å². The van der Waals surface area contributed by atoms with Gasteiger partial charge in [0, 0.05) is 24.9 Å². The second-order valence-electron chi connectivity index (χ2n) is 7.12. The Labute approximate surface area is 190 Å². The number of anilines is 1. The first-order valence-electron chi connectivity index (χ1n) is 9.89. The minimum Gasteiger partial charge on any atom is -0.439 e. The van der Waals surface area contributed by atoms with Crippen LogP contribution < -0.4 is 25.8 Å². The SMILES string of the molecule is NC(=O)c1cc(NC2CCNC2=O)nc(Oc2ccc(Oc3ccc(C(F)(F)F)cn3)cc2)n1. The molecule has 0 spiro atoms. The van der Waals surface area contributed by atoms with Crippen LogP contribution in [0.5, 0.6) is 23.4 Å². The Morgan fingerprint density at radius 1 is 1.09 bits per heavy atom. The van der Waals surface area contributed by atoms with Gasteiger partial charge in [-0.2, -0.15) is 23.1 Å². The molecule has 1 aliphatic rings. The molecule has 4 rings (SSSR count). The third kappa shape index (κ3) is 5.49. The van der Waals surface area contributed by atoms with Crippen molar-refractivity contribution >= 4 is 17.6 Å². The molecule has 1 atom stereocenters. The molecular weight excluding hydrogens is 457 g/mol. The van der Waals surface area contributed by atoms with Crippen molar-refractivity contribution < 1.29 is 32.2 Å². The smallest absolute Gasteiger partial charge is 0.417 e. The minimum atomic E-state index is -4.49. The first-order valence-corrected chi connectivity index (χ1v) is 9.89. The zero-order chi connectivity index (χ0) is 24.3. The van der Waals surface area contributed by atoms with Gasteiger partial charge in [0.1, 0.15) is 29.1 Å². The topological polar surface area (TPSA) is 141 Å². The van der Waals surface area contributed by atoms with Crippen LogP contribution in [0.25, 0.3) is 0 Å². The molecule has 13 heteroatoms. The van der Waals surface area contributed by atoms with Gasteiger partial charge in [-0.05, 0) is 36.8 Å². The highest BCUT2D eigenvalue weighted by Gasteiger charge is 2.30. The minimum absolute atomic E-state index is 0.0224. The Bertz CT molecular complexity index is 1200. The van der Waals surface area contributed by atoms with Crippen LogP contribution in [0.1, 0.15) is 22.5 Å². The Kier molecular flexibility index (Phi) is 6.17. The van der Waals surface area contributed by atoms with Gasteiger partial charge in [0.05, 0.1) is 5.56 Å². The Hall–Kier alpha value is -4.42. The summed E-state index contributed by atoms with van der Waals surface area (Å²) in [6.45, 7) is 0.518. The summed E-state index contributed by atoms with van der Waals surface area (Å²) in [7, 11) is 0. The molecule has 3 aromatic rings. The monoisotopic (exact) mass is 474 g/mol. The van der Waals surface area contributed by atoms with Crippen molar-refractivity contribution in [1.82, 2.24) is 20.3 Å². The number of hydrogen-bond donors (Lipinski definition) is 3. The maximum atomic E-state index is 12.6. The van der Waals surface area contributed by atoms with E-state index in [1.165, 1.54) is 30.3 Å². The van der Waals surface area contributed by atoms with Crippen LogP contribution in [0.3, 0.4) is 0 Å². The van der Waals surface area contributed by atoms with Gasteiger partial charge in [-0.25, -0.2) is 4.98 Å². The largest absolute Gasteiger partial charge is 0.439 e. The number of pyridine rings is 1. The lowest BCUT2D eigenvalue weighted by molar-refractivity contribution is -0.137. The number of rotatable bonds is 7. The number of nitrogens with zero attached hydrogens (tertiary/aromatic N) is 3. The molecule has 1 fully saturated rings. The molecule has 3 heterocycles. The fourth-order valence-electron chi connectivity index (χ4n) is 2.99. The average Bonchev–Trinajstić information content (AvgIpc) is 3.19. The number of hydrogen-bond acceptors (Lipinski definition) is 8. The summed E-state index contributed by atoms with van der Waals surface area (Å²) >= 11 is 0. The van der Waals surface area contributed by atoms with Crippen LogP contribution in [0.15, 0.2) is 48.7 Å². The van der Waals surface area contributed by atoms with E-state index >= 15 is 0 Å². The lowest BCUT2D eigenvalue weighted by atomic mass is 10.2. The quantitative estimate of drug-likeness (QED) is 0.475. The van der Waals surface area contributed by atoms with Crippen molar-refractivity contribution in [3.05, 3.63) is 59.9 Å². The maximum Gasteiger partial charge on any atom is 0.417 e. The molecule has 0 saturated carbocycles. The van der Waals surface area contributed by atoms with Crippen LogP contribution in [0.4, 0.5) is 19.0 Å². The Morgan fingerprint density at radius 2 is 1.79 bits per heavy atom. The van der Waals surface area contributed by atoms with Crippen molar-refractivity contribution in [1.29, 1.82) is 0 Å². The summed E-state index contributed by atoms with van der Waals surface area (Å²) in [5, 5.41) is 5.59. The molecule has 0 aliphatic carbocycles. The summed E-state index contributed by atoms with van der Waals surface area (Å²) in [4.78, 5) is 35.2. The number of amides is 2. The molecule has 1 aliphatic heterocycles. The van der Waals surface area contributed by atoms with Crippen LogP contribution in [-0.4, -0.2) is 39.4 Å². The van der Waals surface area contributed by atoms with Gasteiger partial charge in [0.2, 0.25) is 11.8 Å². The van der Waals surface area contributed by atoms with Crippen molar-refractivity contribution in [2.45, 2.75) is 18.6 Å². The fourth-order valence-corrected chi connectivity index (χ4v) is 2.99. The van der Waals surface area contributed by atoms with E-state index in [0.29, 0.717) is 24.9 Å². The van der Waals surface area contributed by atoms with E-state index in [1.54, 1.807) is 0 Å². The summed E-state index contributed by atoms with van der Waals surface area (Å²) in [5.74, 6) is -0.265. The zero-order valence-corrected chi connectivity index (χ0v) is 17.3. The van der Waals surface area contributed by atoms with E-state index in [9.17, 15) is 22.8 Å². The average molecular weight is 474 g/mol. The molecule has 0 bridgehead atoms. The van der Waals surface area contributed by atoms with Crippen LogP contribution >= 0.6 is 0 Å². The van der Waals surface area contributed by atoms with Crippen molar-refractivity contribution in [3.63, 3.8) is 0 Å². The molecule has 0 radical (unpaired) electrons. The second kappa shape index (κ2) is 9.21. The van der Waals surface area contributed by atoms with Gasteiger partial charge in [0.25, 0.3) is 5.91 Å². The predicted molar refractivity (Wildman–Crippen MR) is 111 cm³/mol. The maximum absolute atomic E-state index is 12.6. The van der Waals surface area contributed by atoms with E-state index < -0.39 is 23.7 Å². The number of nitrogens with one attached hydrogen (secondary N) is 2. The van der Waals surface area contributed by atoms with E-state index in [1.807, 2.05) is 0 Å². The highest BCUT2D eigenvalue weighted by atomic mass is 19.4. The number of nitrogens with two attached hydrogens (primary N) is 1. The molecule has 34 heavy (non-hydrogen) atoms. The standard InChI is InChI=1S/C21H17F3N6O4/c22-21(23,24)11-1-6-17(27-10-11)33-12-2-4-13(5-3-12)34-20-29-15(18(25)31)9-16(30-20)28-14-7-8-26-19(14)32/h1-6,9-10,14H,7-8H2,(H2,25,31)(H,26,32)(H,28,29,30). The van der Waals surface area contributed by atoms with Gasteiger partial charge in [-0.3, -0.25) is 9.59 Å². The highest BCUT2D eigenvalue weighted by molar-refractivity contribution is 5.92. The van der Waals surface area contributed by atoms with Gasteiger partial charge in [0.15, 0.2) is 0 Å². The second-order valence-corrected chi connectivity index (χ2v) is 7.12. The lowest BCUT2D eigenvalue weighted by Gasteiger charge is -2.13. The predicted octanol–water partition coefficient (Wildman–Crippen LogP) is 2.87. The molecule has 1 aromatic carbocycles. The number of carbonyl (C=O) groups is 2. The number of ether oxygens (including phenoxy) is 2. The van der Waals surface area contributed by atoms with E-state index in [4.69, 9.17) is 15.2 Å². The van der Waals surface area contributed by atoms with E-state index in [-0.39, 0.29) is 35.1 Å². The van der Waals surface area contributed by atoms with Gasteiger partial charge < -0.3 is 25.8 Å². The molecule has 1 unspecified atom stereocenters. The Balaban J connectivity index is 1.46. The van der Waals surface area contributed by atoms with Crippen molar-refractivity contribution in [3.8, 4) is 23.4 Å². The third-order valence-electron chi connectivity index (χ3n) is 4.65. The molecule has 176 valence electrons. The van der Waals surface area contributed by atoms with Crippen LogP contribution in [0.2, 0.25) is 0 Å². The highest BCUT2D eigenvalue weighted by Crippen LogP contribution is 2.30. The van der Waals surface area contributed by atoms with Gasteiger partial charge >= 0.3 is 12.2 Å². The molecule has 4 N–H and O–H groups in total. The first kappa shape index (κ1) is 22.8. The number of primary amides is 1. The van der Waals surface area contributed by atoms with E-state index in [0.717, 1.165) is 12.1 Å². The molecule has 2 amide bonds. The number of halogens is 3. The number of alkyl halides is 3. The number of carbonyl (C=O) groups excluding carboxylic acids is 2. The van der Waals surface area contributed by atoms with E-state index in [2.05, 4.69) is 25.6 Å². The fraction of sp³-hybridized carbons (Fsp3) is 0.190. The zero-order valence-electron chi connectivity index (χ0n) is 17.3. The molecule has 10 nitrogen and oxygen atoms in total. The van der Waals surface area contributed by atoms with Crippen LogP contribution in [0, 0.1) is 0 Å². The van der Waals surface area contributed by atoms with Crippen molar-refractivity contribution in [2.75, 3.05) is 11.9 Å². The Morgan fingerprint density at radius 3 is 2.35 bits per heavy atom. The third-order valence-corrected chi connectivity index (χ3v) is 4.65. The first-order chi connectivity index (χ1) is 16.2. The molecular formula is C21H17F3N6O4.